The monoisotopic (exact) mass is 154 g/mol. The Kier molecular flexibility index (Phi) is 5.91. The highest BCUT2D eigenvalue weighted by atomic mass is 16.3. The van der Waals surface area contributed by atoms with E-state index in [0.717, 1.165) is 31.3 Å². The van der Waals surface area contributed by atoms with Crippen LogP contribution in [0.15, 0.2) is 17.9 Å². The highest BCUT2D eigenvalue weighted by Gasteiger charge is 2.03. The van der Waals surface area contributed by atoms with Crippen LogP contribution >= 0.6 is 0 Å². The van der Waals surface area contributed by atoms with Gasteiger partial charge in [0.25, 0.3) is 0 Å². The Morgan fingerprint density at radius 3 is 2.55 bits per heavy atom. The molecule has 1 N–H and O–H groups in total. The zero-order chi connectivity index (χ0) is 8.69. The van der Waals surface area contributed by atoms with Gasteiger partial charge in [0, 0.05) is 6.42 Å². The molecule has 11 heavy (non-hydrogen) atoms. The normalized spacial score (nSPS) is 12.3. The Morgan fingerprint density at radius 1 is 1.55 bits per heavy atom. The van der Waals surface area contributed by atoms with Crippen molar-refractivity contribution in [3.63, 3.8) is 0 Å². The van der Waals surface area contributed by atoms with E-state index in [1.165, 1.54) is 0 Å². The number of hydrogen-bond donors (Lipinski definition) is 1. The van der Waals surface area contributed by atoms with E-state index < -0.39 is 0 Å². The zero-order valence-corrected chi connectivity index (χ0v) is 7.56. The summed E-state index contributed by atoms with van der Waals surface area (Å²) in [6.07, 6.45) is 3.48. The number of aliphatic hydroxyl groups is 1. The third-order valence-electron chi connectivity index (χ3n) is 1.76. The number of hydrogen-bond acceptors (Lipinski definition) is 1. The Morgan fingerprint density at radius 2 is 2.18 bits per heavy atom. The molecule has 0 aliphatic heterocycles. The van der Waals surface area contributed by atoms with E-state index in [1.807, 2.05) is 6.92 Å². The summed E-state index contributed by atoms with van der Waals surface area (Å²) in [5.41, 5.74) is 4.03. The van der Waals surface area contributed by atoms with Crippen molar-refractivity contribution >= 4 is 0 Å². The molecule has 64 valence electrons. The number of aliphatic hydroxyl groups excluding tert-OH is 1. The lowest BCUT2D eigenvalue weighted by molar-refractivity contribution is 0.169. The van der Waals surface area contributed by atoms with Gasteiger partial charge < -0.3 is 5.11 Å². The van der Waals surface area contributed by atoms with E-state index in [9.17, 15) is 5.11 Å². The summed E-state index contributed by atoms with van der Waals surface area (Å²) in [7, 11) is 0. The van der Waals surface area contributed by atoms with Crippen LogP contribution in [0.2, 0.25) is 0 Å². The predicted octanol–water partition coefficient (Wildman–Crippen LogP) is 2.66. The maximum atomic E-state index is 9.30. The van der Waals surface area contributed by atoms with Crippen molar-refractivity contribution < 1.29 is 5.11 Å². The molecular weight excluding hydrogens is 136 g/mol. The van der Waals surface area contributed by atoms with Gasteiger partial charge in [-0.05, 0) is 18.4 Å². The lowest BCUT2D eigenvalue weighted by Crippen LogP contribution is -2.05. The molecule has 1 heteroatoms. The third-order valence-corrected chi connectivity index (χ3v) is 1.76. The standard InChI is InChI=1S/C10H18O/c1-4-7-9(5-2)8-10(11)6-3/h10-11H,2,4,6-8H2,1,3H3/t10-/m1/s1. The van der Waals surface area contributed by atoms with Gasteiger partial charge in [0.15, 0.2) is 0 Å². The van der Waals surface area contributed by atoms with Crippen LogP contribution in [0.3, 0.4) is 0 Å². The Hall–Kier alpha value is -0.520. The lowest BCUT2D eigenvalue weighted by atomic mass is 10.0. The minimum absolute atomic E-state index is 0.203. The molecule has 0 heterocycles. The van der Waals surface area contributed by atoms with Gasteiger partial charge in [-0.2, -0.15) is 0 Å². The Labute approximate surface area is 69.4 Å². The number of rotatable bonds is 5. The third kappa shape index (κ3) is 4.83. The average molecular weight is 154 g/mol. The largest absolute Gasteiger partial charge is 0.393 e. The van der Waals surface area contributed by atoms with Gasteiger partial charge in [0.1, 0.15) is 0 Å². The van der Waals surface area contributed by atoms with Gasteiger partial charge in [0.2, 0.25) is 0 Å². The first-order valence-electron chi connectivity index (χ1n) is 4.30. The molecule has 1 nitrogen and oxygen atoms in total. The van der Waals surface area contributed by atoms with Crippen molar-refractivity contribution in [2.75, 3.05) is 0 Å². The second kappa shape index (κ2) is 6.21. The van der Waals surface area contributed by atoms with Crippen molar-refractivity contribution in [3.05, 3.63) is 17.9 Å². The van der Waals surface area contributed by atoms with Crippen LogP contribution in [-0.4, -0.2) is 11.2 Å². The first-order chi connectivity index (χ1) is 5.24. The summed E-state index contributed by atoms with van der Waals surface area (Å²) in [5.74, 6) is 0. The van der Waals surface area contributed by atoms with Crippen LogP contribution in [-0.2, 0) is 0 Å². The molecule has 0 aromatic carbocycles. The first kappa shape index (κ1) is 10.5. The molecule has 0 aliphatic carbocycles. The van der Waals surface area contributed by atoms with Gasteiger partial charge in [0.05, 0.1) is 6.10 Å². The van der Waals surface area contributed by atoms with Crippen molar-refractivity contribution in [1.29, 1.82) is 0 Å². The molecule has 0 saturated carbocycles. The van der Waals surface area contributed by atoms with Gasteiger partial charge in [-0.25, -0.2) is 0 Å². The molecule has 0 saturated heterocycles. The molecule has 0 spiro atoms. The molecule has 1 atom stereocenters. The summed E-state index contributed by atoms with van der Waals surface area (Å²) >= 11 is 0. The highest BCUT2D eigenvalue weighted by Crippen LogP contribution is 2.11. The van der Waals surface area contributed by atoms with Crippen molar-refractivity contribution in [2.24, 2.45) is 0 Å². The van der Waals surface area contributed by atoms with Crippen LogP contribution in [0.5, 0.6) is 0 Å². The van der Waals surface area contributed by atoms with Crippen LogP contribution < -0.4 is 0 Å². The van der Waals surface area contributed by atoms with Crippen LogP contribution in [0, 0.1) is 0 Å². The fraction of sp³-hybridized carbons (Fsp3) is 0.700. The summed E-state index contributed by atoms with van der Waals surface area (Å²) in [6.45, 7) is 7.70. The second-order valence-electron chi connectivity index (χ2n) is 2.80. The maximum absolute atomic E-state index is 9.30. The maximum Gasteiger partial charge on any atom is 0.0580 e. The SMILES string of the molecule is C=C=C(CCC)C[C@H](O)CC. The van der Waals surface area contributed by atoms with E-state index in [0.29, 0.717) is 0 Å². The quantitative estimate of drug-likeness (QED) is 0.603. The molecule has 0 aromatic rings. The molecule has 0 aromatic heterocycles. The second-order valence-corrected chi connectivity index (χ2v) is 2.80. The smallest absolute Gasteiger partial charge is 0.0580 e. The molecule has 0 bridgehead atoms. The zero-order valence-electron chi connectivity index (χ0n) is 7.56. The fourth-order valence-corrected chi connectivity index (χ4v) is 0.993. The topological polar surface area (TPSA) is 20.2 Å². The van der Waals surface area contributed by atoms with Crippen LogP contribution in [0.1, 0.15) is 39.5 Å². The molecule has 0 radical (unpaired) electrons. The van der Waals surface area contributed by atoms with E-state index in [4.69, 9.17) is 0 Å². The van der Waals surface area contributed by atoms with Crippen molar-refractivity contribution in [1.82, 2.24) is 0 Å². The summed E-state index contributed by atoms with van der Waals surface area (Å²) in [4.78, 5) is 0. The first-order valence-corrected chi connectivity index (χ1v) is 4.30. The van der Waals surface area contributed by atoms with Gasteiger partial charge >= 0.3 is 0 Å². The molecule has 0 fully saturated rings. The molecule has 0 aliphatic rings. The van der Waals surface area contributed by atoms with Crippen LogP contribution in [0.4, 0.5) is 0 Å². The summed E-state index contributed by atoms with van der Waals surface area (Å²) in [5, 5.41) is 9.30. The van der Waals surface area contributed by atoms with E-state index in [-0.39, 0.29) is 6.10 Å². The van der Waals surface area contributed by atoms with Crippen molar-refractivity contribution in [3.8, 4) is 0 Å². The van der Waals surface area contributed by atoms with E-state index >= 15 is 0 Å². The minimum atomic E-state index is -0.203. The molecule has 0 amide bonds. The predicted molar refractivity (Wildman–Crippen MR) is 48.5 cm³/mol. The summed E-state index contributed by atoms with van der Waals surface area (Å²) in [6, 6.07) is 0. The van der Waals surface area contributed by atoms with E-state index in [2.05, 4.69) is 19.2 Å². The lowest BCUT2D eigenvalue weighted by Gasteiger charge is -2.08. The molecule has 0 unspecified atom stereocenters. The summed E-state index contributed by atoms with van der Waals surface area (Å²) < 4.78 is 0. The van der Waals surface area contributed by atoms with Crippen LogP contribution in [0.25, 0.3) is 0 Å². The van der Waals surface area contributed by atoms with E-state index in [1.54, 1.807) is 0 Å². The Balaban J connectivity index is 3.79. The fourth-order valence-electron chi connectivity index (χ4n) is 0.993. The van der Waals surface area contributed by atoms with Crippen molar-refractivity contribution in [2.45, 2.75) is 45.6 Å². The van der Waals surface area contributed by atoms with Gasteiger partial charge in [-0.15, -0.1) is 5.73 Å². The highest BCUT2D eigenvalue weighted by molar-refractivity contribution is 5.00. The minimum Gasteiger partial charge on any atom is -0.393 e. The van der Waals surface area contributed by atoms with Gasteiger partial charge in [-0.3, -0.25) is 0 Å². The Bertz CT molecular complexity index is 143. The average Bonchev–Trinajstić information content (AvgIpc) is 2.03. The van der Waals surface area contributed by atoms with Gasteiger partial charge in [-0.1, -0.05) is 26.8 Å². The molecule has 0 rings (SSSR count). The molecular formula is C10H18O.